The minimum Gasteiger partial charge on any atom is -0.309 e. The molecule has 0 bridgehead atoms. The van der Waals surface area contributed by atoms with Gasteiger partial charge in [0.1, 0.15) is 0 Å². The van der Waals surface area contributed by atoms with Gasteiger partial charge in [0.2, 0.25) is 0 Å². The third-order valence-corrected chi connectivity index (χ3v) is 3.10. The summed E-state index contributed by atoms with van der Waals surface area (Å²) in [5.41, 5.74) is 1.50. The van der Waals surface area contributed by atoms with Crippen molar-refractivity contribution in [1.82, 2.24) is 10.2 Å². The van der Waals surface area contributed by atoms with Crippen molar-refractivity contribution in [2.45, 2.75) is 46.2 Å². The van der Waals surface area contributed by atoms with Crippen LogP contribution in [-0.4, -0.2) is 36.1 Å². The molecule has 1 N–H and O–H groups in total. The molecule has 0 saturated carbocycles. The van der Waals surface area contributed by atoms with E-state index in [0.29, 0.717) is 12.0 Å². The summed E-state index contributed by atoms with van der Waals surface area (Å²) in [5, 5.41) is 3.62. The number of rotatable bonds is 3. The second-order valence-electron chi connectivity index (χ2n) is 5.94. The molecule has 0 spiro atoms. The first kappa shape index (κ1) is 12.7. The van der Waals surface area contributed by atoms with Crippen molar-refractivity contribution in [1.29, 1.82) is 0 Å². The van der Waals surface area contributed by atoms with E-state index in [9.17, 15) is 0 Å². The van der Waals surface area contributed by atoms with Gasteiger partial charge in [0.05, 0.1) is 0 Å². The first-order valence-corrected chi connectivity index (χ1v) is 5.95. The largest absolute Gasteiger partial charge is 0.309 e. The molecule has 0 amide bonds. The quantitative estimate of drug-likeness (QED) is 0.719. The number of nitrogens with one attached hydrogen (secondary N) is 1. The van der Waals surface area contributed by atoms with Crippen molar-refractivity contribution in [3.8, 4) is 0 Å². The maximum absolute atomic E-state index is 4.03. The number of piperazine rings is 1. The Morgan fingerprint density at radius 1 is 1.53 bits per heavy atom. The Morgan fingerprint density at radius 2 is 2.13 bits per heavy atom. The van der Waals surface area contributed by atoms with E-state index in [1.54, 1.807) is 0 Å². The van der Waals surface area contributed by atoms with E-state index < -0.39 is 0 Å². The van der Waals surface area contributed by atoms with E-state index in [0.717, 1.165) is 19.6 Å². The van der Waals surface area contributed by atoms with Crippen molar-refractivity contribution < 1.29 is 0 Å². The van der Waals surface area contributed by atoms with E-state index in [1.807, 2.05) is 0 Å². The summed E-state index contributed by atoms with van der Waals surface area (Å²) >= 11 is 0. The maximum atomic E-state index is 4.03. The zero-order valence-corrected chi connectivity index (χ0v) is 10.9. The second kappa shape index (κ2) is 4.67. The lowest BCUT2D eigenvalue weighted by Crippen LogP contribution is -2.63. The fourth-order valence-corrected chi connectivity index (χ4v) is 2.37. The third-order valence-electron chi connectivity index (χ3n) is 3.10. The van der Waals surface area contributed by atoms with Crippen LogP contribution in [0.5, 0.6) is 0 Å². The molecule has 1 fully saturated rings. The minimum atomic E-state index is 0.237. The molecule has 1 rings (SSSR count). The Kier molecular flexibility index (Phi) is 3.96. The fraction of sp³-hybridized carbons (Fsp3) is 0.846. The van der Waals surface area contributed by atoms with Gasteiger partial charge >= 0.3 is 0 Å². The first-order chi connectivity index (χ1) is 6.82. The van der Waals surface area contributed by atoms with Crippen molar-refractivity contribution in [2.24, 2.45) is 5.92 Å². The van der Waals surface area contributed by atoms with Gasteiger partial charge in [0.15, 0.2) is 0 Å². The highest BCUT2D eigenvalue weighted by Gasteiger charge is 2.33. The molecule has 1 heterocycles. The zero-order chi connectivity index (χ0) is 11.6. The molecule has 0 aromatic heterocycles. The molecule has 0 aromatic carbocycles. The second-order valence-corrected chi connectivity index (χ2v) is 5.94. The Hall–Kier alpha value is -0.340. The minimum absolute atomic E-state index is 0.237. The van der Waals surface area contributed by atoms with Gasteiger partial charge < -0.3 is 5.32 Å². The first-order valence-electron chi connectivity index (χ1n) is 5.95. The lowest BCUT2D eigenvalue weighted by Gasteiger charge is -2.46. The molecule has 1 atom stereocenters. The molecule has 0 radical (unpaired) electrons. The van der Waals surface area contributed by atoms with E-state index in [2.05, 4.69) is 51.4 Å². The van der Waals surface area contributed by atoms with Crippen LogP contribution < -0.4 is 5.32 Å². The monoisotopic (exact) mass is 210 g/mol. The molecule has 88 valence electrons. The van der Waals surface area contributed by atoms with Crippen molar-refractivity contribution in [2.75, 3.05) is 19.6 Å². The maximum Gasteiger partial charge on any atom is 0.0253 e. The molecule has 1 saturated heterocycles. The van der Waals surface area contributed by atoms with E-state index in [1.165, 1.54) is 5.57 Å². The van der Waals surface area contributed by atoms with E-state index >= 15 is 0 Å². The summed E-state index contributed by atoms with van der Waals surface area (Å²) in [6.45, 7) is 18.5. The molecule has 2 heteroatoms. The molecule has 2 nitrogen and oxygen atoms in total. The van der Waals surface area contributed by atoms with Gasteiger partial charge in [-0.05, 0) is 26.7 Å². The summed E-state index contributed by atoms with van der Waals surface area (Å²) in [7, 11) is 0. The molecule has 1 aliphatic heterocycles. The highest BCUT2D eigenvalue weighted by atomic mass is 15.2. The van der Waals surface area contributed by atoms with Crippen LogP contribution in [0.3, 0.4) is 0 Å². The van der Waals surface area contributed by atoms with Crippen LogP contribution in [0.4, 0.5) is 0 Å². The topological polar surface area (TPSA) is 15.3 Å². The lowest BCUT2D eigenvalue weighted by molar-refractivity contribution is 0.0783. The predicted molar refractivity (Wildman–Crippen MR) is 67.1 cm³/mol. The van der Waals surface area contributed by atoms with Gasteiger partial charge in [0.25, 0.3) is 0 Å². The van der Waals surface area contributed by atoms with Crippen LogP contribution >= 0.6 is 0 Å². The van der Waals surface area contributed by atoms with Crippen LogP contribution in [-0.2, 0) is 0 Å². The van der Waals surface area contributed by atoms with Crippen LogP contribution in [0.15, 0.2) is 12.2 Å². The predicted octanol–water partition coefficient (Wildman–Crippen LogP) is 2.27. The van der Waals surface area contributed by atoms with Gasteiger partial charge in [-0.3, -0.25) is 4.90 Å². The highest BCUT2D eigenvalue weighted by molar-refractivity contribution is 5.00. The summed E-state index contributed by atoms with van der Waals surface area (Å²) in [6, 6.07) is 0.648. The summed E-state index contributed by atoms with van der Waals surface area (Å²) < 4.78 is 0. The highest BCUT2D eigenvalue weighted by Crippen LogP contribution is 2.20. The summed E-state index contributed by atoms with van der Waals surface area (Å²) in [5.74, 6) is 0.702. The summed E-state index contributed by atoms with van der Waals surface area (Å²) in [4.78, 5) is 2.57. The SMILES string of the molecule is C=C(C)CN1CC(C)(C)NCC1C(C)C. The van der Waals surface area contributed by atoms with Gasteiger partial charge in [0, 0.05) is 31.2 Å². The standard InChI is InChI=1S/C13H26N2/c1-10(2)8-15-9-13(5,6)14-7-12(15)11(3)4/h11-12,14H,1,7-9H2,2-6H3. The zero-order valence-electron chi connectivity index (χ0n) is 10.9. The van der Waals surface area contributed by atoms with Gasteiger partial charge in [-0.1, -0.05) is 26.0 Å². The molecular formula is C13H26N2. The number of nitrogens with zero attached hydrogens (tertiary/aromatic N) is 1. The summed E-state index contributed by atoms with van der Waals surface area (Å²) in [6.07, 6.45) is 0. The average Bonchev–Trinajstić information content (AvgIpc) is 1.99. The molecule has 1 unspecified atom stereocenters. The lowest BCUT2D eigenvalue weighted by atomic mass is 9.93. The van der Waals surface area contributed by atoms with Crippen molar-refractivity contribution in [3.63, 3.8) is 0 Å². The van der Waals surface area contributed by atoms with Crippen molar-refractivity contribution >= 4 is 0 Å². The third kappa shape index (κ3) is 3.62. The number of hydrogen-bond acceptors (Lipinski definition) is 2. The molecule has 0 aliphatic carbocycles. The Labute approximate surface area is 94.7 Å². The van der Waals surface area contributed by atoms with Crippen LogP contribution in [0.1, 0.15) is 34.6 Å². The average molecular weight is 210 g/mol. The van der Waals surface area contributed by atoms with Crippen molar-refractivity contribution in [3.05, 3.63) is 12.2 Å². The van der Waals surface area contributed by atoms with Gasteiger partial charge in [-0.2, -0.15) is 0 Å². The Morgan fingerprint density at radius 3 is 2.60 bits per heavy atom. The number of hydrogen-bond donors (Lipinski definition) is 1. The molecule has 1 aliphatic rings. The van der Waals surface area contributed by atoms with Crippen LogP contribution in [0.25, 0.3) is 0 Å². The van der Waals surface area contributed by atoms with E-state index in [-0.39, 0.29) is 5.54 Å². The smallest absolute Gasteiger partial charge is 0.0253 e. The molecule has 0 aromatic rings. The molecular weight excluding hydrogens is 184 g/mol. The molecule has 15 heavy (non-hydrogen) atoms. The van der Waals surface area contributed by atoms with E-state index in [4.69, 9.17) is 0 Å². The fourth-order valence-electron chi connectivity index (χ4n) is 2.37. The van der Waals surface area contributed by atoms with Gasteiger partial charge in [-0.25, -0.2) is 0 Å². The normalized spacial score (nSPS) is 26.9. The van der Waals surface area contributed by atoms with Crippen LogP contribution in [0.2, 0.25) is 0 Å². The Balaban J connectivity index is 2.69. The van der Waals surface area contributed by atoms with Crippen LogP contribution in [0, 0.1) is 5.92 Å². The Bertz CT molecular complexity index is 231. The van der Waals surface area contributed by atoms with Gasteiger partial charge in [-0.15, -0.1) is 0 Å².